The number of hydrogen-bond donors (Lipinski definition) is 1. The van der Waals surface area contributed by atoms with E-state index in [1.54, 1.807) is 0 Å². The number of amides is 1. The number of carbonyl (C=O) groups excluding carboxylic acids is 1. The third-order valence-corrected chi connectivity index (χ3v) is 4.44. The van der Waals surface area contributed by atoms with E-state index >= 15 is 0 Å². The van der Waals surface area contributed by atoms with Crippen molar-refractivity contribution < 1.29 is 17.6 Å². The number of nitrogens with zero attached hydrogens (tertiary/aromatic N) is 1. The highest BCUT2D eigenvalue weighted by atomic mass is 35.5. The van der Waals surface area contributed by atoms with Crippen LogP contribution in [0, 0.1) is 11.7 Å². The summed E-state index contributed by atoms with van der Waals surface area (Å²) in [6, 6.07) is 2.56. The fraction of sp³-hybridized carbons (Fsp3) is 0.364. The number of rotatable bonds is 3. The van der Waals surface area contributed by atoms with Gasteiger partial charge in [-0.1, -0.05) is 23.2 Å². The Morgan fingerprint density at radius 2 is 1.90 bits per heavy atom. The second-order valence-corrected chi connectivity index (χ2v) is 7.10. The molecule has 1 aliphatic rings. The maximum absolute atomic E-state index is 13.3. The summed E-state index contributed by atoms with van der Waals surface area (Å²) in [4.78, 5) is 13.2. The topological polar surface area (TPSA) is 80.5 Å². The van der Waals surface area contributed by atoms with Gasteiger partial charge in [-0.25, -0.2) is 17.9 Å². The van der Waals surface area contributed by atoms with Crippen molar-refractivity contribution in [2.45, 2.75) is 6.42 Å². The molecule has 2 N–H and O–H groups in total. The molecule has 20 heavy (non-hydrogen) atoms. The van der Waals surface area contributed by atoms with Crippen LogP contribution in [-0.4, -0.2) is 26.6 Å². The number of carbonyl (C=O) groups is 1. The lowest BCUT2D eigenvalue weighted by molar-refractivity contribution is -0.117. The molecule has 1 unspecified atom stereocenters. The van der Waals surface area contributed by atoms with Crippen molar-refractivity contribution in [1.29, 1.82) is 0 Å². The average molecular weight is 341 g/mol. The van der Waals surface area contributed by atoms with Gasteiger partial charge in [-0.15, -0.1) is 0 Å². The van der Waals surface area contributed by atoms with Crippen molar-refractivity contribution in [3.05, 3.63) is 28.0 Å². The molecule has 0 bridgehead atoms. The Bertz CT molecular complexity index is 643. The van der Waals surface area contributed by atoms with Gasteiger partial charge in [0.1, 0.15) is 0 Å². The van der Waals surface area contributed by atoms with E-state index in [0.717, 1.165) is 0 Å². The van der Waals surface area contributed by atoms with Crippen LogP contribution in [0.2, 0.25) is 10.0 Å². The third-order valence-electron chi connectivity index (χ3n) is 2.95. The van der Waals surface area contributed by atoms with E-state index < -0.39 is 21.8 Å². The highest BCUT2D eigenvalue weighted by Gasteiger charge is 2.33. The van der Waals surface area contributed by atoms with E-state index in [0.29, 0.717) is 5.69 Å². The third kappa shape index (κ3) is 3.41. The summed E-state index contributed by atoms with van der Waals surface area (Å²) >= 11 is 11.3. The minimum Gasteiger partial charge on any atom is -0.312 e. The number of nitrogens with two attached hydrogens (primary N) is 1. The first-order valence-corrected chi connectivity index (χ1v) is 8.10. The van der Waals surface area contributed by atoms with Crippen LogP contribution in [-0.2, 0) is 14.8 Å². The van der Waals surface area contributed by atoms with E-state index in [2.05, 4.69) is 0 Å². The zero-order chi connectivity index (χ0) is 15.1. The van der Waals surface area contributed by atoms with Crippen molar-refractivity contribution in [2.75, 3.05) is 17.2 Å². The normalized spacial score (nSPS) is 19.7. The molecule has 5 nitrogen and oxygen atoms in total. The second kappa shape index (κ2) is 5.48. The molecule has 0 saturated carbocycles. The predicted molar refractivity (Wildman–Crippen MR) is 74.9 cm³/mol. The minimum absolute atomic E-state index is 0.0586. The van der Waals surface area contributed by atoms with Gasteiger partial charge in [0.2, 0.25) is 15.9 Å². The van der Waals surface area contributed by atoms with Gasteiger partial charge in [0, 0.05) is 24.6 Å². The fourth-order valence-electron chi connectivity index (χ4n) is 2.17. The molecule has 0 aliphatic carbocycles. The molecule has 1 saturated heterocycles. The van der Waals surface area contributed by atoms with Gasteiger partial charge in [0.15, 0.2) is 5.82 Å². The second-order valence-electron chi connectivity index (χ2n) is 4.63. The molecule has 1 aromatic carbocycles. The number of hydrogen-bond acceptors (Lipinski definition) is 3. The lowest BCUT2D eigenvalue weighted by Gasteiger charge is -2.17. The first-order chi connectivity index (χ1) is 9.17. The summed E-state index contributed by atoms with van der Waals surface area (Å²) in [5, 5.41) is 4.57. The van der Waals surface area contributed by atoms with Crippen molar-refractivity contribution in [3.8, 4) is 0 Å². The molecular weight excluding hydrogens is 330 g/mol. The van der Waals surface area contributed by atoms with Gasteiger partial charge in [-0.05, 0) is 12.1 Å². The van der Waals surface area contributed by atoms with Crippen LogP contribution >= 0.6 is 23.2 Å². The van der Waals surface area contributed by atoms with Gasteiger partial charge >= 0.3 is 0 Å². The van der Waals surface area contributed by atoms with Crippen molar-refractivity contribution >= 4 is 44.8 Å². The molecule has 0 radical (unpaired) electrons. The van der Waals surface area contributed by atoms with Crippen LogP contribution in [0.5, 0.6) is 0 Å². The number of primary sulfonamides is 1. The van der Waals surface area contributed by atoms with Crippen LogP contribution < -0.4 is 10.0 Å². The minimum atomic E-state index is -3.65. The summed E-state index contributed by atoms with van der Waals surface area (Å²) in [5.41, 5.74) is 0.336. The quantitative estimate of drug-likeness (QED) is 0.851. The Hall–Kier alpha value is -0.890. The van der Waals surface area contributed by atoms with Crippen LogP contribution in [0.1, 0.15) is 6.42 Å². The Kier molecular flexibility index (Phi) is 4.24. The van der Waals surface area contributed by atoms with Crippen LogP contribution in [0.4, 0.5) is 10.1 Å². The molecule has 1 aliphatic heterocycles. The highest BCUT2D eigenvalue weighted by Crippen LogP contribution is 2.32. The zero-order valence-electron chi connectivity index (χ0n) is 10.1. The molecule has 0 spiro atoms. The van der Waals surface area contributed by atoms with E-state index in [1.165, 1.54) is 17.0 Å². The largest absolute Gasteiger partial charge is 0.312 e. The van der Waals surface area contributed by atoms with E-state index in [9.17, 15) is 17.6 Å². The van der Waals surface area contributed by atoms with E-state index in [1.807, 2.05) is 0 Å². The van der Waals surface area contributed by atoms with Gasteiger partial charge in [0.05, 0.1) is 15.8 Å². The lowest BCUT2D eigenvalue weighted by atomic mass is 10.1. The predicted octanol–water partition coefficient (Wildman–Crippen LogP) is 1.77. The molecule has 9 heteroatoms. The SMILES string of the molecule is NS(=O)(=O)CC1CC(=O)N(c2cc(Cl)c(F)c(Cl)c2)C1. The van der Waals surface area contributed by atoms with Crippen molar-refractivity contribution in [2.24, 2.45) is 11.1 Å². The zero-order valence-corrected chi connectivity index (χ0v) is 12.5. The van der Waals surface area contributed by atoms with Gasteiger partial charge in [-0.2, -0.15) is 0 Å². The number of sulfonamides is 1. The lowest BCUT2D eigenvalue weighted by Crippen LogP contribution is -2.27. The summed E-state index contributed by atoms with van der Waals surface area (Å²) in [6.45, 7) is 0.174. The monoisotopic (exact) mass is 340 g/mol. The fourth-order valence-corrected chi connectivity index (χ4v) is 3.53. The number of benzene rings is 1. The molecule has 1 amide bonds. The Labute approximate surface area is 125 Å². The van der Waals surface area contributed by atoms with Crippen LogP contribution in [0.3, 0.4) is 0 Å². The summed E-state index contributed by atoms with van der Waals surface area (Å²) < 4.78 is 35.4. The van der Waals surface area contributed by atoms with Crippen molar-refractivity contribution in [3.63, 3.8) is 0 Å². The molecule has 1 atom stereocenters. The first kappa shape index (κ1) is 15.5. The van der Waals surface area contributed by atoms with Crippen molar-refractivity contribution in [1.82, 2.24) is 0 Å². The summed E-state index contributed by atoms with van der Waals surface area (Å²) in [6.07, 6.45) is 0.0586. The molecule has 110 valence electrons. The standard InChI is InChI=1S/C11H11Cl2FN2O3S/c12-8-2-7(3-9(13)11(8)14)16-4-6(1-10(16)17)5-20(15,18)19/h2-3,6H,1,4-5H2,(H2,15,18,19). The summed E-state index contributed by atoms with van der Waals surface area (Å²) in [7, 11) is -3.65. The highest BCUT2D eigenvalue weighted by molar-refractivity contribution is 7.89. The smallest absolute Gasteiger partial charge is 0.227 e. The molecule has 1 heterocycles. The molecule has 1 aromatic rings. The molecule has 2 rings (SSSR count). The molecule has 1 fully saturated rings. The Morgan fingerprint density at radius 3 is 2.40 bits per heavy atom. The van der Waals surface area contributed by atoms with E-state index in [-0.39, 0.29) is 34.7 Å². The maximum atomic E-state index is 13.3. The Morgan fingerprint density at radius 1 is 1.35 bits per heavy atom. The Balaban J connectivity index is 2.24. The van der Waals surface area contributed by atoms with E-state index in [4.69, 9.17) is 28.3 Å². The number of halogens is 3. The number of anilines is 1. The van der Waals surface area contributed by atoms with Crippen LogP contribution in [0.15, 0.2) is 12.1 Å². The van der Waals surface area contributed by atoms with Gasteiger partial charge in [0.25, 0.3) is 0 Å². The average Bonchev–Trinajstić information content (AvgIpc) is 2.63. The maximum Gasteiger partial charge on any atom is 0.227 e. The molecule has 0 aromatic heterocycles. The van der Waals surface area contributed by atoms with Crippen LogP contribution in [0.25, 0.3) is 0 Å². The summed E-state index contributed by atoms with van der Waals surface area (Å²) in [5.74, 6) is -1.72. The first-order valence-electron chi connectivity index (χ1n) is 5.63. The molecular formula is C11H11Cl2FN2O3S. The van der Waals surface area contributed by atoms with Gasteiger partial charge in [-0.3, -0.25) is 4.79 Å². The van der Waals surface area contributed by atoms with Gasteiger partial charge < -0.3 is 4.90 Å².